The molecule has 0 bridgehead atoms. The number of ether oxygens (including phenoxy) is 1. The highest BCUT2D eigenvalue weighted by atomic mass is 35.5. The van der Waals surface area contributed by atoms with Crippen LogP contribution in [0.4, 0.5) is 5.69 Å². The fourth-order valence-corrected chi connectivity index (χ4v) is 1.56. The minimum Gasteiger partial charge on any atom is -0.459 e. The van der Waals surface area contributed by atoms with E-state index in [0.29, 0.717) is 10.6 Å². The average Bonchev–Trinajstić information content (AvgIpc) is 2.29. The molecule has 4 heteroatoms. The molecule has 0 amide bonds. The molecule has 0 aliphatic heterocycles. The van der Waals surface area contributed by atoms with Gasteiger partial charge in [0, 0.05) is 0 Å². The van der Waals surface area contributed by atoms with Crippen LogP contribution in [0.15, 0.2) is 18.2 Å². The van der Waals surface area contributed by atoms with E-state index in [1.54, 1.807) is 18.2 Å². The molecule has 88 valence electrons. The Labute approximate surface area is 101 Å². The third-order valence-electron chi connectivity index (χ3n) is 2.46. The molecular weight excluding hydrogens is 226 g/mol. The molecule has 0 unspecified atom stereocenters. The third-order valence-corrected chi connectivity index (χ3v) is 2.79. The Kier molecular flexibility index (Phi) is 4.62. The first-order valence-electron chi connectivity index (χ1n) is 5.35. The molecule has 1 rings (SSSR count). The van der Waals surface area contributed by atoms with Crippen LogP contribution < -0.4 is 5.73 Å². The Balaban J connectivity index is 2.84. The summed E-state index contributed by atoms with van der Waals surface area (Å²) in [5.41, 5.74) is 6.32. The second-order valence-electron chi connectivity index (χ2n) is 3.54. The van der Waals surface area contributed by atoms with E-state index >= 15 is 0 Å². The summed E-state index contributed by atoms with van der Waals surface area (Å²) in [5, 5.41) is 0.374. The highest BCUT2D eigenvalue weighted by Crippen LogP contribution is 2.23. The van der Waals surface area contributed by atoms with Gasteiger partial charge in [-0.1, -0.05) is 31.5 Å². The summed E-state index contributed by atoms with van der Waals surface area (Å²) in [6.07, 6.45) is 1.52. The van der Waals surface area contributed by atoms with Crippen molar-refractivity contribution < 1.29 is 9.53 Å². The van der Waals surface area contributed by atoms with Crippen LogP contribution in [0.5, 0.6) is 0 Å². The maximum absolute atomic E-state index is 11.8. The molecule has 16 heavy (non-hydrogen) atoms. The Morgan fingerprint density at radius 3 is 2.62 bits per heavy atom. The van der Waals surface area contributed by atoms with Gasteiger partial charge in [0.25, 0.3) is 0 Å². The quantitative estimate of drug-likeness (QED) is 0.650. The Morgan fingerprint density at radius 1 is 1.44 bits per heavy atom. The van der Waals surface area contributed by atoms with Gasteiger partial charge in [-0.3, -0.25) is 0 Å². The van der Waals surface area contributed by atoms with Crippen LogP contribution >= 0.6 is 11.6 Å². The molecule has 0 atom stereocenters. The van der Waals surface area contributed by atoms with E-state index in [-0.39, 0.29) is 11.8 Å². The predicted molar refractivity (Wildman–Crippen MR) is 65.6 cm³/mol. The van der Waals surface area contributed by atoms with E-state index in [2.05, 4.69) is 0 Å². The number of rotatable bonds is 4. The predicted octanol–water partition coefficient (Wildman–Crippen LogP) is 3.27. The fraction of sp³-hybridized carbons (Fsp3) is 0.417. The summed E-state index contributed by atoms with van der Waals surface area (Å²) < 4.78 is 5.29. The lowest BCUT2D eigenvalue weighted by Crippen LogP contribution is -2.17. The molecule has 0 radical (unpaired) electrons. The van der Waals surface area contributed by atoms with Crippen molar-refractivity contribution in [3.05, 3.63) is 28.8 Å². The van der Waals surface area contributed by atoms with Gasteiger partial charge in [0.1, 0.15) is 6.10 Å². The fourth-order valence-electron chi connectivity index (χ4n) is 1.39. The van der Waals surface area contributed by atoms with Gasteiger partial charge in [0.15, 0.2) is 0 Å². The lowest BCUT2D eigenvalue weighted by molar-refractivity contribution is 0.0285. The van der Waals surface area contributed by atoms with Crippen LogP contribution in [0.2, 0.25) is 5.02 Å². The molecule has 0 aliphatic rings. The average molecular weight is 242 g/mol. The molecule has 0 aliphatic carbocycles. The monoisotopic (exact) mass is 241 g/mol. The molecule has 2 N–H and O–H groups in total. The number of nitrogen functional groups attached to an aromatic ring is 1. The van der Waals surface area contributed by atoms with Crippen LogP contribution in [0, 0.1) is 0 Å². The van der Waals surface area contributed by atoms with Gasteiger partial charge in [-0.25, -0.2) is 4.79 Å². The second-order valence-corrected chi connectivity index (χ2v) is 3.95. The van der Waals surface area contributed by atoms with Crippen LogP contribution in [-0.4, -0.2) is 12.1 Å². The Hall–Kier alpha value is -1.22. The summed E-state index contributed by atoms with van der Waals surface area (Å²) in [6, 6.07) is 4.94. The van der Waals surface area contributed by atoms with Gasteiger partial charge in [-0.05, 0) is 25.0 Å². The zero-order chi connectivity index (χ0) is 12.1. The van der Waals surface area contributed by atoms with Crippen molar-refractivity contribution in [2.45, 2.75) is 32.8 Å². The van der Waals surface area contributed by atoms with E-state index in [0.717, 1.165) is 12.8 Å². The number of carbonyl (C=O) groups is 1. The summed E-state index contributed by atoms with van der Waals surface area (Å²) in [5.74, 6) is -0.409. The molecule has 1 aromatic rings. The number of hydrogen-bond donors (Lipinski definition) is 1. The summed E-state index contributed by atoms with van der Waals surface area (Å²) >= 11 is 5.83. The van der Waals surface area contributed by atoms with Crippen LogP contribution in [0.25, 0.3) is 0 Å². The molecule has 3 nitrogen and oxygen atoms in total. The minimum absolute atomic E-state index is 0.0640. The molecular formula is C12H16ClNO2. The first-order valence-corrected chi connectivity index (χ1v) is 5.72. The number of esters is 1. The lowest BCUT2D eigenvalue weighted by atomic mass is 10.1. The molecule has 0 fully saturated rings. The molecule has 0 saturated carbocycles. The highest BCUT2D eigenvalue weighted by molar-refractivity contribution is 6.33. The number of halogens is 1. The van der Waals surface area contributed by atoms with Crippen LogP contribution in [-0.2, 0) is 4.74 Å². The number of anilines is 1. The molecule has 0 heterocycles. The number of carbonyl (C=O) groups excluding carboxylic acids is 1. The number of benzene rings is 1. The largest absolute Gasteiger partial charge is 0.459 e. The van der Waals surface area contributed by atoms with Gasteiger partial charge in [0.05, 0.1) is 16.3 Å². The van der Waals surface area contributed by atoms with Gasteiger partial charge >= 0.3 is 5.97 Å². The van der Waals surface area contributed by atoms with Crippen molar-refractivity contribution in [3.8, 4) is 0 Å². The smallest absolute Gasteiger partial charge is 0.340 e. The first kappa shape index (κ1) is 12.8. The topological polar surface area (TPSA) is 52.3 Å². The standard InChI is InChI=1S/C12H16ClNO2/c1-3-8(4-2)16-12(15)9-6-5-7-10(13)11(9)14/h5-8H,3-4,14H2,1-2H3. The number of hydrogen-bond acceptors (Lipinski definition) is 3. The maximum Gasteiger partial charge on any atom is 0.340 e. The van der Waals surface area contributed by atoms with E-state index in [1.807, 2.05) is 13.8 Å². The zero-order valence-corrected chi connectivity index (χ0v) is 10.3. The lowest BCUT2D eigenvalue weighted by Gasteiger charge is -2.15. The van der Waals surface area contributed by atoms with Crippen molar-refractivity contribution in [2.24, 2.45) is 0 Å². The maximum atomic E-state index is 11.8. The Bertz CT molecular complexity index is 375. The van der Waals surface area contributed by atoms with E-state index in [1.165, 1.54) is 0 Å². The number of nitrogens with two attached hydrogens (primary N) is 1. The third kappa shape index (κ3) is 2.89. The summed E-state index contributed by atoms with van der Waals surface area (Å²) in [7, 11) is 0. The van der Waals surface area contributed by atoms with E-state index < -0.39 is 5.97 Å². The molecule has 0 saturated heterocycles. The van der Waals surface area contributed by atoms with Gasteiger partial charge in [0.2, 0.25) is 0 Å². The second kappa shape index (κ2) is 5.75. The van der Waals surface area contributed by atoms with Crippen molar-refractivity contribution >= 4 is 23.3 Å². The first-order chi connectivity index (χ1) is 7.60. The zero-order valence-electron chi connectivity index (χ0n) is 9.50. The van der Waals surface area contributed by atoms with Crippen molar-refractivity contribution in [1.82, 2.24) is 0 Å². The van der Waals surface area contributed by atoms with E-state index in [4.69, 9.17) is 22.1 Å². The van der Waals surface area contributed by atoms with Crippen molar-refractivity contribution in [3.63, 3.8) is 0 Å². The number of para-hydroxylation sites is 1. The summed E-state index contributed by atoms with van der Waals surface area (Å²) in [4.78, 5) is 11.8. The van der Waals surface area contributed by atoms with Crippen LogP contribution in [0.3, 0.4) is 0 Å². The van der Waals surface area contributed by atoms with Crippen molar-refractivity contribution in [1.29, 1.82) is 0 Å². The van der Waals surface area contributed by atoms with E-state index in [9.17, 15) is 4.79 Å². The van der Waals surface area contributed by atoms with Crippen molar-refractivity contribution in [2.75, 3.05) is 5.73 Å². The van der Waals surface area contributed by atoms with Gasteiger partial charge < -0.3 is 10.5 Å². The molecule has 0 spiro atoms. The molecule has 0 aromatic heterocycles. The minimum atomic E-state index is -0.409. The van der Waals surface area contributed by atoms with Crippen LogP contribution in [0.1, 0.15) is 37.0 Å². The van der Waals surface area contributed by atoms with Gasteiger partial charge in [-0.15, -0.1) is 0 Å². The Morgan fingerprint density at radius 2 is 2.06 bits per heavy atom. The van der Waals surface area contributed by atoms with Gasteiger partial charge in [-0.2, -0.15) is 0 Å². The molecule has 1 aromatic carbocycles. The SMILES string of the molecule is CCC(CC)OC(=O)c1cccc(Cl)c1N. The summed E-state index contributed by atoms with van der Waals surface area (Å²) in [6.45, 7) is 3.95. The highest BCUT2D eigenvalue weighted by Gasteiger charge is 2.16. The normalized spacial score (nSPS) is 10.5.